The Balaban J connectivity index is 1.28. The van der Waals surface area contributed by atoms with E-state index in [0.29, 0.717) is 28.7 Å². The highest BCUT2D eigenvalue weighted by Crippen LogP contribution is 2.65. The highest BCUT2D eigenvalue weighted by molar-refractivity contribution is 7.99. The number of hydrogen-bond donors (Lipinski definition) is 1. The van der Waals surface area contributed by atoms with Crippen LogP contribution >= 0.6 is 11.8 Å². The van der Waals surface area contributed by atoms with Crippen molar-refractivity contribution < 1.29 is 88.4 Å². The summed E-state index contributed by atoms with van der Waals surface area (Å²) in [5.41, 5.74) is -0.158. The summed E-state index contributed by atoms with van der Waals surface area (Å²) in [6, 6.07) is 2.14. The average molecular weight is 1020 g/mol. The number of carbonyl (C=O) groups is 3. The second kappa shape index (κ2) is 18.0. The molecule has 7 aliphatic heterocycles. The van der Waals surface area contributed by atoms with E-state index in [2.05, 4.69) is 11.4 Å². The molecule has 0 amide bonds. The smallest absolute Gasteiger partial charge is 0.493 e. The zero-order valence-electron chi connectivity index (χ0n) is 39.5. The molecule has 3 aromatic rings. The van der Waals surface area contributed by atoms with Gasteiger partial charge < -0.3 is 42.8 Å². The fourth-order valence-electron chi connectivity index (χ4n) is 10.8. The molecule has 10 rings (SSSR count). The van der Waals surface area contributed by atoms with Crippen LogP contribution < -0.4 is 38.6 Å². The predicted molar refractivity (Wildman–Crippen MR) is 235 cm³/mol. The fourth-order valence-corrected chi connectivity index (χ4v) is 12.5. The number of methoxy groups -OCH3 is 2. The van der Waals surface area contributed by atoms with Crippen molar-refractivity contribution in [2.24, 2.45) is 0 Å². The van der Waals surface area contributed by atoms with E-state index < -0.39 is 96.0 Å². The number of rotatable bonds is 7. The number of ether oxygens (including phenoxy) is 8. The maximum Gasteiger partial charge on any atom is 0.514 e. The van der Waals surface area contributed by atoms with E-state index >= 15 is 4.79 Å². The number of halogens is 6. The Hall–Kier alpha value is -5.87. The molecule has 3 aromatic carbocycles. The van der Waals surface area contributed by atoms with Crippen molar-refractivity contribution in [3.8, 4) is 46.3 Å². The van der Waals surface area contributed by atoms with Crippen LogP contribution in [0.3, 0.4) is 0 Å². The van der Waals surface area contributed by atoms with Gasteiger partial charge in [-0.05, 0) is 88.9 Å². The third-order valence-corrected chi connectivity index (χ3v) is 15.0. The summed E-state index contributed by atoms with van der Waals surface area (Å²) in [4.78, 5) is 55.1. The second-order valence-corrected chi connectivity index (χ2v) is 20.0. The molecule has 17 nitrogen and oxygen atoms in total. The molecule has 2 fully saturated rings. The maximum absolute atomic E-state index is 15.1. The van der Waals surface area contributed by atoms with Gasteiger partial charge >= 0.3 is 30.4 Å². The molecule has 4 bridgehead atoms. The Labute approximate surface area is 406 Å². The molecule has 382 valence electrons. The lowest BCUT2D eigenvalue weighted by Gasteiger charge is -2.62. The zero-order chi connectivity index (χ0) is 51.3. The number of fused-ring (bicyclic) bond motifs is 9. The lowest BCUT2D eigenvalue weighted by molar-refractivity contribution is -0.283. The van der Waals surface area contributed by atoms with Crippen molar-refractivity contribution in [1.29, 1.82) is 5.26 Å². The summed E-state index contributed by atoms with van der Waals surface area (Å²) in [5.74, 6) is -4.10. The van der Waals surface area contributed by atoms with Crippen LogP contribution in [0.2, 0.25) is 0 Å². The molecular formula is C47H48F6N4O13S. The molecule has 24 heteroatoms. The molecule has 2 saturated heterocycles. The monoisotopic (exact) mass is 1020 g/mol. The normalized spacial score (nSPS) is 25.7. The third-order valence-electron chi connectivity index (χ3n) is 13.5. The van der Waals surface area contributed by atoms with E-state index in [0.717, 1.165) is 11.8 Å². The van der Waals surface area contributed by atoms with Crippen molar-refractivity contribution >= 4 is 29.9 Å². The van der Waals surface area contributed by atoms with Crippen molar-refractivity contribution in [3.05, 3.63) is 62.7 Å². The number of benzene rings is 3. The molecule has 7 aliphatic rings. The highest BCUT2D eigenvalue weighted by atomic mass is 32.2. The second-order valence-electron chi connectivity index (χ2n) is 18.9. The quantitative estimate of drug-likeness (QED) is 0.0620. The number of likely N-dealkylation sites (N-methyl/N-ethyl adjacent to an activating group) is 1. The minimum absolute atomic E-state index is 0.000239. The molecule has 1 unspecified atom stereocenters. The maximum atomic E-state index is 15.1. The standard InChI is InChI=1S/C47H48F6N4O13S/c1-20-11-23-12-25-26(15-54)57-27-16-63-41(58)45(24-14-28(61-7)29(13-22(24)9-10-55-45)67-43(60)69-44(3,4)5)18-71-40(32-31(27)38-37(64-19-65-38)21(2)36(32)70-66-17-46(48,49)50)34(57)33(56(25)6)30(23)39(35(20)62-8)68-42(59)47(51,52)53/h11,13-14,25-27,33-34,40,55H,9-10,12,16-19H2,1-8H3/t25-,26-,27-,33-,34?,40+,45+/m0/s1. The van der Waals surface area contributed by atoms with E-state index in [4.69, 9.17) is 47.7 Å². The number of thioether (sulfide) groups is 1. The number of esters is 2. The number of nitrogens with zero attached hydrogens (tertiary/aromatic N) is 3. The van der Waals surface area contributed by atoms with Crippen LogP contribution in [0.15, 0.2) is 18.2 Å². The van der Waals surface area contributed by atoms with E-state index in [1.807, 2.05) is 4.90 Å². The summed E-state index contributed by atoms with van der Waals surface area (Å²) in [6.07, 6.45) is -10.9. The number of hydrogen-bond acceptors (Lipinski definition) is 18. The number of carbonyl (C=O) groups excluding carboxylic acids is 3. The van der Waals surface area contributed by atoms with Gasteiger partial charge in [0, 0.05) is 46.6 Å². The largest absolute Gasteiger partial charge is 0.514 e. The lowest BCUT2D eigenvalue weighted by Crippen LogP contribution is -2.69. The van der Waals surface area contributed by atoms with Crippen molar-refractivity contribution in [2.45, 2.75) is 106 Å². The van der Waals surface area contributed by atoms with Gasteiger partial charge in [-0.2, -0.15) is 36.5 Å². The van der Waals surface area contributed by atoms with Crippen LogP contribution in [0, 0.1) is 25.2 Å². The number of nitriles is 1. The van der Waals surface area contributed by atoms with E-state index in [1.54, 1.807) is 51.8 Å². The van der Waals surface area contributed by atoms with Crippen molar-refractivity contribution in [3.63, 3.8) is 0 Å². The summed E-state index contributed by atoms with van der Waals surface area (Å²) >= 11 is 1.11. The number of nitrogens with one attached hydrogen (secondary N) is 1. The first-order chi connectivity index (χ1) is 33.4. The topological polar surface area (TPSA) is 186 Å². The summed E-state index contributed by atoms with van der Waals surface area (Å²) in [5, 5.41) is 13.5. The van der Waals surface area contributed by atoms with Gasteiger partial charge in [-0.1, -0.05) is 6.07 Å². The van der Waals surface area contributed by atoms with Gasteiger partial charge in [-0.25, -0.2) is 14.4 Å². The molecule has 0 aliphatic carbocycles. The van der Waals surface area contributed by atoms with E-state index in [-0.39, 0.29) is 82.3 Å². The summed E-state index contributed by atoms with van der Waals surface area (Å²) < 4.78 is 130. The van der Waals surface area contributed by atoms with E-state index in [1.165, 1.54) is 27.2 Å². The summed E-state index contributed by atoms with van der Waals surface area (Å²) in [6.45, 7) is 5.58. The Bertz CT molecular complexity index is 2740. The van der Waals surface area contributed by atoms with Crippen LogP contribution in [0.4, 0.5) is 31.1 Å². The van der Waals surface area contributed by atoms with Gasteiger partial charge in [0.1, 0.15) is 18.2 Å². The molecule has 7 atom stereocenters. The molecule has 0 saturated carbocycles. The first-order valence-electron chi connectivity index (χ1n) is 22.3. The third kappa shape index (κ3) is 8.55. The minimum Gasteiger partial charge on any atom is -0.493 e. The van der Waals surface area contributed by atoms with Crippen LogP contribution in [0.25, 0.3) is 0 Å². The van der Waals surface area contributed by atoms with Gasteiger partial charge in [-0.15, -0.1) is 11.8 Å². The summed E-state index contributed by atoms with van der Waals surface area (Å²) in [7, 11) is 4.23. The van der Waals surface area contributed by atoms with Crippen LogP contribution in [0.1, 0.15) is 82.6 Å². The van der Waals surface area contributed by atoms with Crippen LogP contribution in [-0.4, -0.2) is 118 Å². The van der Waals surface area contributed by atoms with Gasteiger partial charge in [0.05, 0.1) is 37.6 Å². The average Bonchev–Trinajstić information content (AvgIpc) is 3.78. The highest BCUT2D eigenvalue weighted by Gasteiger charge is 2.62. The Morgan fingerprint density at radius 3 is 2.32 bits per heavy atom. The number of aryl methyl sites for hydroxylation is 1. The zero-order valence-corrected chi connectivity index (χ0v) is 40.3. The molecule has 1 N–H and O–H groups in total. The SMILES string of the molecule is COc1cc2c(cc1OC(=O)OC(C)(C)C)CCN[C@]21CS[C@@H]2c3c(OOCC(F)(F)F)c(C)c4c(c3[C@H](COC1=O)N1C2[C@@H]2c3c(cc(C)c(OC)c3OC(=O)C(F)(F)F)C[C@@H]([C@@H]1C#N)N2C)OCO4. The van der Waals surface area contributed by atoms with E-state index in [9.17, 15) is 41.2 Å². The van der Waals surface area contributed by atoms with Crippen LogP contribution in [0.5, 0.6) is 40.2 Å². The molecule has 7 heterocycles. The minimum atomic E-state index is -5.44. The molecule has 71 heavy (non-hydrogen) atoms. The fraction of sp³-hybridized carbons (Fsp3) is 0.532. The molecule has 0 aromatic heterocycles. The molecule has 1 spiro atoms. The van der Waals surface area contributed by atoms with Crippen LogP contribution in [-0.2, 0) is 42.3 Å². The number of piperazine rings is 1. The van der Waals surface area contributed by atoms with Gasteiger partial charge in [0.25, 0.3) is 0 Å². The Kier molecular flexibility index (Phi) is 12.7. The Morgan fingerprint density at radius 2 is 1.66 bits per heavy atom. The number of alkyl halides is 6. The van der Waals surface area contributed by atoms with Gasteiger partial charge in [-0.3, -0.25) is 15.1 Å². The molecule has 0 radical (unpaired) electrons. The first kappa shape index (κ1) is 50.1. The van der Waals surface area contributed by atoms with Gasteiger partial charge in [0.2, 0.25) is 6.79 Å². The Morgan fingerprint density at radius 1 is 0.930 bits per heavy atom. The lowest BCUT2D eigenvalue weighted by atomic mass is 9.71. The van der Waals surface area contributed by atoms with Crippen molar-refractivity contribution in [2.75, 3.05) is 53.6 Å². The first-order valence-corrected chi connectivity index (χ1v) is 23.3. The van der Waals surface area contributed by atoms with Gasteiger partial charge in [0.15, 0.2) is 52.4 Å². The predicted octanol–water partition coefficient (Wildman–Crippen LogP) is 7.30. The van der Waals surface area contributed by atoms with Crippen molar-refractivity contribution in [1.82, 2.24) is 15.1 Å². The molecular weight excluding hydrogens is 975 g/mol.